The van der Waals surface area contributed by atoms with Crippen LogP contribution in [0.3, 0.4) is 0 Å². The van der Waals surface area contributed by atoms with Crippen LogP contribution in [-0.4, -0.2) is 70.5 Å². The van der Waals surface area contributed by atoms with Crippen LogP contribution < -0.4 is 14.8 Å². The Morgan fingerprint density at radius 2 is 1.72 bits per heavy atom. The lowest BCUT2D eigenvalue weighted by molar-refractivity contribution is -0.138. The molecule has 2 aromatic carbocycles. The second-order valence-corrected chi connectivity index (χ2v) is 12.2. The molecule has 0 unspecified atom stereocenters. The molecule has 46 heavy (non-hydrogen) atoms. The quantitative estimate of drug-likeness (QED) is 0.171. The maximum Gasteiger partial charge on any atom is 0.247 e. The van der Waals surface area contributed by atoms with Gasteiger partial charge < -0.3 is 35.0 Å². The first-order valence-corrected chi connectivity index (χ1v) is 16.6. The fourth-order valence-corrected chi connectivity index (χ4v) is 6.52. The Morgan fingerprint density at radius 3 is 2.37 bits per heavy atom. The van der Waals surface area contributed by atoms with Crippen LogP contribution in [0.25, 0.3) is 0 Å². The molecular weight excluding hydrogens is 591 g/mol. The molecule has 1 heterocycles. The largest absolute Gasteiger partial charge is 0.493 e. The summed E-state index contributed by atoms with van der Waals surface area (Å²) in [6.45, 7) is 1.56. The van der Waals surface area contributed by atoms with Crippen LogP contribution in [0.15, 0.2) is 48.0 Å². The number of aliphatic hydroxyl groups is 3. The van der Waals surface area contributed by atoms with Gasteiger partial charge >= 0.3 is 0 Å². The van der Waals surface area contributed by atoms with Gasteiger partial charge in [-0.15, -0.1) is 0 Å². The molecule has 2 aromatic rings. The van der Waals surface area contributed by atoms with E-state index in [1.54, 1.807) is 36.4 Å². The molecule has 4 N–H and O–H groups in total. The zero-order valence-corrected chi connectivity index (χ0v) is 27.1. The van der Waals surface area contributed by atoms with Crippen molar-refractivity contribution in [3.63, 3.8) is 0 Å². The van der Waals surface area contributed by atoms with E-state index in [0.29, 0.717) is 34.6 Å². The second kappa shape index (κ2) is 17.4. The van der Waals surface area contributed by atoms with Crippen LogP contribution >= 0.6 is 0 Å². The number of ether oxygens (including phenoxy) is 2. The van der Waals surface area contributed by atoms with E-state index in [9.17, 15) is 29.3 Å². The summed E-state index contributed by atoms with van der Waals surface area (Å²) in [7, 11) is 1.47. The number of carbonyl (C=O) groups is 2. The van der Waals surface area contributed by atoms with Gasteiger partial charge in [-0.2, -0.15) is 0 Å². The summed E-state index contributed by atoms with van der Waals surface area (Å²) in [5.41, 5.74) is 1.66. The third-order valence-electron chi connectivity index (χ3n) is 8.97. The first kappa shape index (κ1) is 35.4. The molecule has 10 heteroatoms. The Kier molecular flexibility index (Phi) is 13.4. The predicted molar refractivity (Wildman–Crippen MR) is 173 cm³/mol. The first-order chi connectivity index (χ1) is 22.3. The van der Waals surface area contributed by atoms with Crippen molar-refractivity contribution in [1.29, 1.82) is 0 Å². The lowest BCUT2D eigenvalue weighted by Gasteiger charge is -2.41. The molecule has 252 valence electrons. The number of fused-ring (bicyclic) bond motifs is 3. The monoisotopic (exact) mass is 640 g/mol. The molecule has 9 nitrogen and oxygen atoms in total. The van der Waals surface area contributed by atoms with Crippen LogP contribution in [0.1, 0.15) is 93.7 Å². The Bertz CT molecular complexity index is 1350. The summed E-state index contributed by atoms with van der Waals surface area (Å²) < 4.78 is 26.7. The van der Waals surface area contributed by atoms with Crippen molar-refractivity contribution in [2.45, 2.75) is 108 Å². The van der Waals surface area contributed by atoms with Gasteiger partial charge in [0.2, 0.25) is 11.8 Å². The fraction of sp³-hybridized carbons (Fsp3) is 0.556. The van der Waals surface area contributed by atoms with Crippen LogP contribution in [0.4, 0.5) is 4.39 Å². The maximum atomic E-state index is 14.9. The van der Waals surface area contributed by atoms with Gasteiger partial charge in [0.05, 0.1) is 32.3 Å². The number of hydrogen-bond donors (Lipinski definition) is 4. The highest BCUT2D eigenvalue weighted by molar-refractivity contribution is 5.96. The Hall–Kier alpha value is -3.47. The first-order valence-electron chi connectivity index (χ1n) is 16.6. The summed E-state index contributed by atoms with van der Waals surface area (Å²) in [5, 5.41) is 33.8. The van der Waals surface area contributed by atoms with E-state index in [0.717, 1.165) is 19.3 Å². The molecule has 2 amide bonds. The van der Waals surface area contributed by atoms with Gasteiger partial charge in [0.15, 0.2) is 11.5 Å². The van der Waals surface area contributed by atoms with E-state index in [-0.39, 0.29) is 44.2 Å². The van der Waals surface area contributed by atoms with Gasteiger partial charge in [-0.25, -0.2) is 4.39 Å². The van der Waals surface area contributed by atoms with Crippen molar-refractivity contribution in [2.75, 3.05) is 20.3 Å². The molecule has 1 aliphatic heterocycles. The summed E-state index contributed by atoms with van der Waals surface area (Å²) in [6.07, 6.45) is 9.39. The number of methoxy groups -OCH3 is 1. The van der Waals surface area contributed by atoms with Crippen molar-refractivity contribution in [1.82, 2.24) is 10.2 Å². The molecule has 2 aliphatic rings. The molecule has 0 saturated heterocycles. The van der Waals surface area contributed by atoms with Crippen LogP contribution in [0.2, 0.25) is 0 Å². The van der Waals surface area contributed by atoms with Gasteiger partial charge in [-0.05, 0) is 36.3 Å². The number of aliphatic hydroxyl groups excluding tert-OH is 3. The summed E-state index contributed by atoms with van der Waals surface area (Å²) >= 11 is 0. The van der Waals surface area contributed by atoms with Gasteiger partial charge in [-0.3, -0.25) is 9.59 Å². The van der Waals surface area contributed by atoms with E-state index in [1.165, 1.54) is 50.2 Å². The van der Waals surface area contributed by atoms with Crippen molar-refractivity contribution in [3.05, 3.63) is 70.6 Å². The minimum Gasteiger partial charge on any atom is -0.493 e. The normalized spacial score (nSPS) is 19.9. The molecule has 0 saturated carbocycles. The van der Waals surface area contributed by atoms with E-state index >= 15 is 0 Å². The number of unbranched alkanes of at least 4 members (excludes halogenated alkanes) is 8. The minimum atomic E-state index is -1.27. The predicted octanol–water partition coefficient (Wildman–Crippen LogP) is 4.90. The number of rotatable bonds is 18. The van der Waals surface area contributed by atoms with Crippen LogP contribution in [0.5, 0.6) is 11.5 Å². The van der Waals surface area contributed by atoms with Crippen molar-refractivity contribution < 1.29 is 38.8 Å². The number of hydrogen-bond acceptors (Lipinski definition) is 7. The second-order valence-electron chi connectivity index (χ2n) is 12.2. The van der Waals surface area contributed by atoms with Crippen molar-refractivity contribution in [3.8, 4) is 11.5 Å². The third-order valence-corrected chi connectivity index (χ3v) is 8.97. The molecule has 0 fully saturated rings. The van der Waals surface area contributed by atoms with Crippen molar-refractivity contribution in [2.24, 2.45) is 0 Å². The highest BCUT2D eigenvalue weighted by Crippen LogP contribution is 2.51. The summed E-state index contributed by atoms with van der Waals surface area (Å²) in [5.74, 6) is -1.25. The molecule has 0 bridgehead atoms. The standard InChI is InChI=1S/C36H49FN2O7/c1-3-4-5-6-7-8-9-10-11-16-31(42)39(22-25-14-12-13-15-28(25)37)29-21-27(36(44)38-17-18-40)32-26-19-24(23-41)20-30(45-2)34(26)46-35(32)33(29)43/h12-15,19-21,29,32-33,35,40-41,43H,3-11,16-18,22-23H2,1-2H3,(H,38,44)/t29-,32+,33+,35+/m1/s1. The number of benzene rings is 2. The number of nitrogens with zero attached hydrogens (tertiary/aromatic N) is 1. The molecule has 0 spiro atoms. The molecule has 1 aliphatic carbocycles. The lowest BCUT2D eigenvalue weighted by atomic mass is 9.77. The van der Waals surface area contributed by atoms with Gasteiger partial charge in [-0.1, -0.05) is 76.5 Å². The van der Waals surface area contributed by atoms with Gasteiger partial charge in [0.1, 0.15) is 18.0 Å². The number of halogens is 1. The van der Waals surface area contributed by atoms with E-state index in [1.807, 2.05) is 0 Å². The number of carbonyl (C=O) groups excluding carboxylic acids is 2. The van der Waals surface area contributed by atoms with Crippen LogP contribution in [0, 0.1) is 5.82 Å². The zero-order chi connectivity index (χ0) is 33.1. The molecule has 0 aromatic heterocycles. The molecule has 4 rings (SSSR count). The molecule has 0 radical (unpaired) electrons. The van der Waals surface area contributed by atoms with Gasteiger partial charge in [0.25, 0.3) is 0 Å². The summed E-state index contributed by atoms with van der Waals surface area (Å²) in [4.78, 5) is 28.9. The highest BCUT2D eigenvalue weighted by atomic mass is 19.1. The molecular formula is C36H49FN2O7. The Morgan fingerprint density at radius 1 is 1.02 bits per heavy atom. The Labute approximate surface area is 271 Å². The Balaban J connectivity index is 1.63. The van der Waals surface area contributed by atoms with Crippen LogP contribution in [-0.2, 0) is 22.7 Å². The average Bonchev–Trinajstić information content (AvgIpc) is 3.46. The zero-order valence-electron chi connectivity index (χ0n) is 27.1. The van der Waals surface area contributed by atoms with Gasteiger partial charge in [0, 0.05) is 36.2 Å². The smallest absolute Gasteiger partial charge is 0.247 e. The SMILES string of the molecule is CCCCCCCCCCCC(=O)N(Cc1ccccc1F)[C@@H]1C=C(C(=O)NCCO)[C@@H]2c3cc(CO)cc(OC)c3O[C@@H]2[C@H]1O. The number of nitrogens with one attached hydrogen (secondary N) is 1. The minimum absolute atomic E-state index is 0.00493. The number of amides is 2. The van der Waals surface area contributed by atoms with E-state index < -0.39 is 35.9 Å². The fourth-order valence-electron chi connectivity index (χ4n) is 6.52. The van der Waals surface area contributed by atoms with Crippen molar-refractivity contribution >= 4 is 11.8 Å². The highest BCUT2D eigenvalue weighted by Gasteiger charge is 2.51. The lowest BCUT2D eigenvalue weighted by Crippen LogP contribution is -2.55. The summed E-state index contributed by atoms with van der Waals surface area (Å²) in [6, 6.07) is 8.56. The maximum absolute atomic E-state index is 14.9. The molecule has 4 atom stereocenters. The average molecular weight is 641 g/mol. The third kappa shape index (κ3) is 8.46. The van der Waals surface area contributed by atoms with E-state index in [2.05, 4.69) is 12.2 Å². The van der Waals surface area contributed by atoms with E-state index in [4.69, 9.17) is 9.47 Å². The topological polar surface area (TPSA) is 129 Å².